The molecule has 1 aromatic heterocycles. The largest absolute Gasteiger partial charge is 0.369 e. The second-order valence-electron chi connectivity index (χ2n) is 4.76. The number of hydrogen-bond donors (Lipinski definition) is 1. The fraction of sp³-hybridized carbons (Fsp3) is 0.727. The standard InChI is InChI=1S/C11H18N4OS/c1-6(2)10-13-14-11(15(10)8-4-5-8)17-7(3)9(12)16/h6-8H,4-5H2,1-3H3,(H2,12,16)/t7-/m1/s1. The highest BCUT2D eigenvalue weighted by molar-refractivity contribution is 8.00. The van der Waals surface area contributed by atoms with E-state index in [4.69, 9.17) is 5.73 Å². The third-order valence-corrected chi connectivity index (χ3v) is 3.88. The van der Waals surface area contributed by atoms with Crippen LogP contribution in [0, 0.1) is 0 Å². The molecule has 0 saturated heterocycles. The number of thioether (sulfide) groups is 1. The summed E-state index contributed by atoms with van der Waals surface area (Å²) in [5.41, 5.74) is 5.28. The minimum absolute atomic E-state index is 0.267. The van der Waals surface area contributed by atoms with Crippen molar-refractivity contribution in [3.8, 4) is 0 Å². The van der Waals surface area contributed by atoms with E-state index in [2.05, 4.69) is 28.6 Å². The summed E-state index contributed by atoms with van der Waals surface area (Å²) in [5, 5.41) is 8.97. The van der Waals surface area contributed by atoms with E-state index in [1.807, 2.05) is 0 Å². The molecule has 2 N–H and O–H groups in total. The Kier molecular flexibility index (Phi) is 3.42. The van der Waals surface area contributed by atoms with Crippen molar-refractivity contribution in [3.05, 3.63) is 5.82 Å². The van der Waals surface area contributed by atoms with Crippen molar-refractivity contribution in [2.45, 2.75) is 56.0 Å². The topological polar surface area (TPSA) is 73.8 Å². The first kappa shape index (κ1) is 12.4. The molecular weight excluding hydrogens is 236 g/mol. The molecule has 2 rings (SSSR count). The van der Waals surface area contributed by atoms with E-state index in [1.54, 1.807) is 6.92 Å². The highest BCUT2D eigenvalue weighted by Gasteiger charge is 2.31. The van der Waals surface area contributed by atoms with Crippen molar-refractivity contribution in [2.24, 2.45) is 5.73 Å². The van der Waals surface area contributed by atoms with Crippen LogP contribution in [0.1, 0.15) is 51.4 Å². The van der Waals surface area contributed by atoms with Crippen molar-refractivity contribution in [2.75, 3.05) is 0 Å². The Bertz CT molecular complexity index is 425. The van der Waals surface area contributed by atoms with Crippen LogP contribution in [0.25, 0.3) is 0 Å². The molecule has 0 unspecified atom stereocenters. The third-order valence-electron chi connectivity index (χ3n) is 2.80. The number of hydrogen-bond acceptors (Lipinski definition) is 4. The maximum Gasteiger partial charge on any atom is 0.230 e. The number of rotatable bonds is 5. The first-order valence-electron chi connectivity index (χ1n) is 5.91. The lowest BCUT2D eigenvalue weighted by atomic mass is 10.2. The van der Waals surface area contributed by atoms with Crippen LogP contribution in [-0.4, -0.2) is 25.9 Å². The molecule has 1 atom stereocenters. The number of amides is 1. The van der Waals surface area contributed by atoms with Crippen LogP contribution >= 0.6 is 11.8 Å². The van der Waals surface area contributed by atoms with E-state index in [9.17, 15) is 4.79 Å². The number of nitrogens with zero attached hydrogens (tertiary/aromatic N) is 3. The van der Waals surface area contributed by atoms with Crippen molar-refractivity contribution in [1.29, 1.82) is 0 Å². The molecule has 1 aromatic rings. The zero-order valence-electron chi connectivity index (χ0n) is 10.4. The first-order valence-corrected chi connectivity index (χ1v) is 6.79. The van der Waals surface area contributed by atoms with Gasteiger partial charge in [-0.25, -0.2) is 0 Å². The second kappa shape index (κ2) is 4.68. The molecule has 0 aromatic carbocycles. The fourth-order valence-corrected chi connectivity index (χ4v) is 2.53. The molecule has 1 heterocycles. The van der Waals surface area contributed by atoms with Crippen molar-refractivity contribution in [1.82, 2.24) is 14.8 Å². The predicted octanol–water partition coefficient (Wildman–Crippen LogP) is 1.70. The second-order valence-corrected chi connectivity index (χ2v) is 6.07. The summed E-state index contributed by atoms with van der Waals surface area (Å²) in [6, 6.07) is 0.518. The molecule has 0 spiro atoms. The van der Waals surface area contributed by atoms with Gasteiger partial charge in [0.1, 0.15) is 5.82 Å². The molecule has 1 saturated carbocycles. The average Bonchev–Trinajstić information content (AvgIpc) is 3.00. The van der Waals surface area contributed by atoms with Crippen molar-refractivity contribution in [3.63, 3.8) is 0 Å². The normalized spacial score (nSPS) is 17.4. The minimum Gasteiger partial charge on any atom is -0.369 e. The van der Waals surface area contributed by atoms with Gasteiger partial charge < -0.3 is 10.3 Å². The van der Waals surface area contributed by atoms with E-state index in [0.717, 1.165) is 11.0 Å². The van der Waals surface area contributed by atoms with Crippen molar-refractivity contribution < 1.29 is 4.79 Å². The molecule has 1 aliphatic carbocycles. The molecule has 1 aliphatic rings. The maximum atomic E-state index is 11.1. The highest BCUT2D eigenvalue weighted by Crippen LogP contribution is 2.40. The summed E-state index contributed by atoms with van der Waals surface area (Å²) in [6.45, 7) is 6.01. The zero-order chi connectivity index (χ0) is 12.6. The van der Waals surface area contributed by atoms with Crippen LogP contribution < -0.4 is 5.73 Å². The quantitative estimate of drug-likeness (QED) is 0.812. The van der Waals surface area contributed by atoms with Gasteiger partial charge in [-0.3, -0.25) is 4.79 Å². The summed E-state index contributed by atoms with van der Waals surface area (Å²) in [4.78, 5) is 11.1. The van der Waals surface area contributed by atoms with E-state index in [-0.39, 0.29) is 11.2 Å². The Morgan fingerprint density at radius 2 is 2.06 bits per heavy atom. The lowest BCUT2D eigenvalue weighted by Crippen LogP contribution is -2.23. The van der Waals surface area contributed by atoms with Crippen LogP contribution in [0.2, 0.25) is 0 Å². The van der Waals surface area contributed by atoms with Gasteiger partial charge in [0.05, 0.1) is 5.25 Å². The van der Waals surface area contributed by atoms with Crippen LogP contribution in [0.3, 0.4) is 0 Å². The first-order chi connectivity index (χ1) is 8.00. The molecule has 0 aliphatic heterocycles. The molecule has 1 fully saturated rings. The smallest absolute Gasteiger partial charge is 0.230 e. The minimum atomic E-state index is -0.313. The van der Waals surface area contributed by atoms with Gasteiger partial charge in [0.2, 0.25) is 5.91 Å². The van der Waals surface area contributed by atoms with E-state index in [0.29, 0.717) is 12.0 Å². The number of aromatic nitrogens is 3. The van der Waals surface area contributed by atoms with E-state index >= 15 is 0 Å². The number of carbonyl (C=O) groups is 1. The average molecular weight is 254 g/mol. The van der Waals surface area contributed by atoms with Crippen LogP contribution in [0.15, 0.2) is 5.16 Å². The molecule has 0 radical (unpaired) electrons. The maximum absolute atomic E-state index is 11.1. The zero-order valence-corrected chi connectivity index (χ0v) is 11.2. The van der Waals surface area contributed by atoms with Gasteiger partial charge in [0.25, 0.3) is 0 Å². The number of primary amides is 1. The van der Waals surface area contributed by atoms with Crippen LogP contribution in [-0.2, 0) is 4.79 Å². The number of carbonyl (C=O) groups excluding carboxylic acids is 1. The lowest BCUT2D eigenvalue weighted by molar-refractivity contribution is -0.117. The molecule has 94 valence electrons. The molecule has 6 heteroatoms. The van der Waals surface area contributed by atoms with Gasteiger partial charge in [-0.1, -0.05) is 25.6 Å². The molecule has 17 heavy (non-hydrogen) atoms. The highest BCUT2D eigenvalue weighted by atomic mass is 32.2. The van der Waals surface area contributed by atoms with Gasteiger partial charge in [0.15, 0.2) is 5.16 Å². The Morgan fingerprint density at radius 3 is 2.53 bits per heavy atom. The number of nitrogens with two attached hydrogens (primary N) is 1. The molecule has 1 amide bonds. The Hall–Kier alpha value is -1.04. The van der Waals surface area contributed by atoms with Gasteiger partial charge >= 0.3 is 0 Å². The van der Waals surface area contributed by atoms with E-state index in [1.165, 1.54) is 24.6 Å². The monoisotopic (exact) mass is 254 g/mol. The molecule has 5 nitrogen and oxygen atoms in total. The van der Waals surface area contributed by atoms with Crippen molar-refractivity contribution >= 4 is 17.7 Å². The van der Waals surface area contributed by atoms with Crippen LogP contribution in [0.5, 0.6) is 0 Å². The summed E-state index contributed by atoms with van der Waals surface area (Å²) in [5.74, 6) is 1.04. The Balaban J connectivity index is 2.25. The van der Waals surface area contributed by atoms with Gasteiger partial charge in [-0.05, 0) is 19.8 Å². The third kappa shape index (κ3) is 2.62. The Morgan fingerprint density at radius 1 is 1.41 bits per heavy atom. The molecular formula is C11H18N4OS. The summed E-state index contributed by atoms with van der Waals surface area (Å²) in [6.07, 6.45) is 2.35. The summed E-state index contributed by atoms with van der Waals surface area (Å²) in [7, 11) is 0. The fourth-order valence-electron chi connectivity index (χ4n) is 1.65. The predicted molar refractivity (Wildman–Crippen MR) is 66.9 cm³/mol. The lowest BCUT2D eigenvalue weighted by Gasteiger charge is -2.12. The van der Waals surface area contributed by atoms with E-state index < -0.39 is 0 Å². The molecule has 0 bridgehead atoms. The van der Waals surface area contributed by atoms with Gasteiger partial charge in [-0.15, -0.1) is 10.2 Å². The van der Waals surface area contributed by atoms with Crippen LogP contribution in [0.4, 0.5) is 0 Å². The summed E-state index contributed by atoms with van der Waals surface area (Å²) >= 11 is 1.40. The Labute approximate surface area is 105 Å². The SMILES string of the molecule is CC(C)c1nnc(S[C@H](C)C(N)=O)n1C1CC1. The summed E-state index contributed by atoms with van der Waals surface area (Å²) < 4.78 is 2.18. The van der Waals surface area contributed by atoms with Gasteiger partial charge in [0, 0.05) is 12.0 Å². The van der Waals surface area contributed by atoms with Gasteiger partial charge in [-0.2, -0.15) is 0 Å².